The first kappa shape index (κ1) is 15.3. The smallest absolute Gasteiger partial charge is 0.265 e. The molecule has 0 radical (unpaired) electrons. The van der Waals surface area contributed by atoms with Crippen molar-refractivity contribution in [2.45, 2.75) is 20.4 Å². The van der Waals surface area contributed by atoms with Gasteiger partial charge in [0.25, 0.3) is 5.91 Å². The van der Waals surface area contributed by atoms with Gasteiger partial charge in [0.1, 0.15) is 4.32 Å². The van der Waals surface area contributed by atoms with Crippen LogP contribution in [0, 0.1) is 13.8 Å². The van der Waals surface area contributed by atoms with Crippen molar-refractivity contribution in [1.29, 1.82) is 0 Å². The Hall–Kier alpha value is -1.11. The molecule has 1 aliphatic rings. The van der Waals surface area contributed by atoms with Gasteiger partial charge in [0.2, 0.25) is 0 Å². The summed E-state index contributed by atoms with van der Waals surface area (Å²) in [4.78, 5) is 14.2. The van der Waals surface area contributed by atoms with E-state index in [2.05, 4.69) is 24.5 Å². The van der Waals surface area contributed by atoms with E-state index in [4.69, 9.17) is 17.0 Å². The number of thiocarbonyl (C=S) groups is 1. The summed E-state index contributed by atoms with van der Waals surface area (Å²) in [5, 5.41) is 0. The van der Waals surface area contributed by atoms with Gasteiger partial charge in [-0.1, -0.05) is 24.0 Å². The number of carbonyl (C=O) groups excluding carboxylic acids is 1. The minimum absolute atomic E-state index is 0.0262. The van der Waals surface area contributed by atoms with Crippen LogP contribution >= 0.6 is 24.0 Å². The molecule has 1 aromatic rings. The van der Waals surface area contributed by atoms with Gasteiger partial charge >= 0.3 is 0 Å². The Morgan fingerprint density at radius 2 is 2.15 bits per heavy atom. The first-order chi connectivity index (χ1) is 9.45. The van der Waals surface area contributed by atoms with E-state index in [0.29, 0.717) is 15.8 Å². The highest BCUT2D eigenvalue weighted by Gasteiger charge is 2.29. The molecular formula is C14H18N2O2S2. The summed E-state index contributed by atoms with van der Waals surface area (Å²) >= 11 is 6.49. The van der Waals surface area contributed by atoms with Crippen molar-refractivity contribution in [1.82, 2.24) is 9.47 Å². The van der Waals surface area contributed by atoms with Gasteiger partial charge in [0.05, 0.1) is 11.5 Å². The largest absolute Gasteiger partial charge is 0.383 e. The fourth-order valence-corrected chi connectivity index (χ4v) is 3.36. The molecule has 20 heavy (non-hydrogen) atoms. The Morgan fingerprint density at radius 3 is 2.70 bits per heavy atom. The number of nitrogens with zero attached hydrogens (tertiary/aromatic N) is 2. The zero-order valence-electron chi connectivity index (χ0n) is 12.1. The van der Waals surface area contributed by atoms with Crippen LogP contribution in [0.5, 0.6) is 0 Å². The summed E-state index contributed by atoms with van der Waals surface area (Å²) in [5.74, 6) is -0.0262. The maximum atomic E-state index is 12.0. The molecule has 0 aliphatic carbocycles. The number of ether oxygens (including phenoxy) is 1. The molecular weight excluding hydrogens is 292 g/mol. The van der Waals surface area contributed by atoms with Crippen molar-refractivity contribution >= 4 is 40.3 Å². The van der Waals surface area contributed by atoms with Crippen molar-refractivity contribution in [3.8, 4) is 0 Å². The van der Waals surface area contributed by atoms with Gasteiger partial charge < -0.3 is 9.30 Å². The lowest BCUT2D eigenvalue weighted by Gasteiger charge is -2.08. The molecule has 1 saturated heterocycles. The molecule has 2 rings (SSSR count). The molecule has 6 heteroatoms. The number of amides is 1. The molecule has 108 valence electrons. The number of rotatable bonds is 4. The number of hydrogen-bond acceptors (Lipinski definition) is 4. The Morgan fingerprint density at radius 1 is 1.45 bits per heavy atom. The van der Waals surface area contributed by atoms with Crippen LogP contribution in [0.25, 0.3) is 6.08 Å². The highest BCUT2D eigenvalue weighted by Crippen LogP contribution is 2.32. The molecule has 0 spiro atoms. The molecule has 4 nitrogen and oxygen atoms in total. The van der Waals surface area contributed by atoms with Crippen LogP contribution in [-0.4, -0.2) is 40.5 Å². The number of aryl methyl sites for hydroxylation is 1. The van der Waals surface area contributed by atoms with Crippen molar-refractivity contribution in [2.24, 2.45) is 0 Å². The van der Waals surface area contributed by atoms with E-state index in [1.807, 2.05) is 6.08 Å². The average Bonchev–Trinajstić information content (AvgIpc) is 2.81. The number of methoxy groups -OCH3 is 1. The number of hydrogen-bond donors (Lipinski definition) is 0. The van der Waals surface area contributed by atoms with Crippen LogP contribution in [0.4, 0.5) is 0 Å². The summed E-state index contributed by atoms with van der Waals surface area (Å²) in [5.41, 5.74) is 3.37. The predicted molar refractivity (Wildman–Crippen MR) is 86.7 cm³/mol. The fourth-order valence-electron chi connectivity index (χ4n) is 2.19. The van der Waals surface area contributed by atoms with E-state index in [9.17, 15) is 4.79 Å². The van der Waals surface area contributed by atoms with E-state index >= 15 is 0 Å². The molecule has 1 fully saturated rings. The minimum atomic E-state index is -0.0262. The van der Waals surface area contributed by atoms with Crippen molar-refractivity contribution in [3.05, 3.63) is 27.9 Å². The lowest BCUT2D eigenvalue weighted by Crippen LogP contribution is -2.22. The maximum absolute atomic E-state index is 12.0. The van der Waals surface area contributed by atoms with Crippen molar-refractivity contribution in [3.63, 3.8) is 0 Å². The zero-order valence-corrected chi connectivity index (χ0v) is 13.7. The third-order valence-corrected chi connectivity index (χ3v) is 4.89. The first-order valence-electron chi connectivity index (χ1n) is 6.33. The number of thioether (sulfide) groups is 1. The van der Waals surface area contributed by atoms with E-state index in [1.54, 1.807) is 14.2 Å². The zero-order chi connectivity index (χ0) is 14.9. The third kappa shape index (κ3) is 2.82. The Labute approximate surface area is 128 Å². The van der Waals surface area contributed by atoms with E-state index in [1.165, 1.54) is 16.7 Å². The number of likely N-dealkylation sites (N-methyl/N-ethyl adjacent to an activating group) is 1. The molecule has 0 unspecified atom stereocenters. The quantitative estimate of drug-likeness (QED) is 0.632. The summed E-state index contributed by atoms with van der Waals surface area (Å²) in [6, 6.07) is 2.09. The molecule has 0 N–H and O–H groups in total. The third-order valence-electron chi connectivity index (χ3n) is 3.40. The Balaban J connectivity index is 2.31. The molecule has 2 heterocycles. The van der Waals surface area contributed by atoms with Crippen LogP contribution in [-0.2, 0) is 16.1 Å². The van der Waals surface area contributed by atoms with Crippen molar-refractivity contribution < 1.29 is 9.53 Å². The van der Waals surface area contributed by atoms with Crippen LogP contribution in [0.15, 0.2) is 11.0 Å². The lowest BCUT2D eigenvalue weighted by molar-refractivity contribution is -0.121. The van der Waals surface area contributed by atoms with Gasteiger partial charge in [0.15, 0.2) is 0 Å². The highest BCUT2D eigenvalue weighted by atomic mass is 32.2. The molecule has 0 bridgehead atoms. The van der Waals surface area contributed by atoms with Gasteiger partial charge in [-0.3, -0.25) is 9.69 Å². The maximum Gasteiger partial charge on any atom is 0.265 e. The molecule has 0 atom stereocenters. The molecule has 0 saturated carbocycles. The SMILES string of the molecule is COCCn1c(C)cc(/C=C2\SC(=S)N(C)C2=O)c1C. The normalized spacial score (nSPS) is 17.6. The van der Waals surface area contributed by atoms with Crippen LogP contribution in [0.1, 0.15) is 17.0 Å². The minimum Gasteiger partial charge on any atom is -0.383 e. The summed E-state index contributed by atoms with van der Waals surface area (Å²) in [6.45, 7) is 5.61. The highest BCUT2D eigenvalue weighted by molar-refractivity contribution is 8.26. The first-order valence-corrected chi connectivity index (χ1v) is 7.55. The topological polar surface area (TPSA) is 34.5 Å². The van der Waals surface area contributed by atoms with Crippen LogP contribution < -0.4 is 0 Å². The number of aromatic nitrogens is 1. The van der Waals surface area contributed by atoms with E-state index in [0.717, 1.165) is 23.5 Å². The van der Waals surface area contributed by atoms with Crippen molar-refractivity contribution in [2.75, 3.05) is 20.8 Å². The second kappa shape index (κ2) is 6.11. The van der Waals surface area contributed by atoms with E-state index in [-0.39, 0.29) is 5.91 Å². The standard InChI is InChI=1S/C14H18N2O2S2/c1-9-7-11(10(2)16(9)5-6-18-4)8-12-13(17)15(3)14(19)20-12/h7-8H,5-6H2,1-4H3/b12-8-. The average molecular weight is 310 g/mol. The number of carbonyl (C=O) groups is 1. The molecule has 1 aromatic heterocycles. The summed E-state index contributed by atoms with van der Waals surface area (Å²) in [6.07, 6.45) is 1.93. The van der Waals surface area contributed by atoms with Gasteiger partial charge in [-0.25, -0.2) is 0 Å². The Bertz CT molecular complexity index is 590. The fraction of sp³-hybridized carbons (Fsp3) is 0.429. The Kier molecular flexibility index (Phi) is 4.67. The summed E-state index contributed by atoms with van der Waals surface area (Å²) in [7, 11) is 3.40. The molecule has 1 amide bonds. The van der Waals surface area contributed by atoms with Gasteiger partial charge in [-0.05, 0) is 31.6 Å². The second-order valence-electron chi connectivity index (χ2n) is 4.71. The van der Waals surface area contributed by atoms with Crippen LogP contribution in [0.3, 0.4) is 0 Å². The monoisotopic (exact) mass is 310 g/mol. The van der Waals surface area contributed by atoms with Gasteiger partial charge in [0, 0.05) is 32.1 Å². The van der Waals surface area contributed by atoms with Gasteiger partial charge in [-0.15, -0.1) is 0 Å². The lowest BCUT2D eigenvalue weighted by atomic mass is 10.2. The summed E-state index contributed by atoms with van der Waals surface area (Å²) < 4.78 is 7.93. The predicted octanol–water partition coefficient (Wildman–Crippen LogP) is 2.58. The second-order valence-corrected chi connectivity index (χ2v) is 6.39. The van der Waals surface area contributed by atoms with Gasteiger partial charge in [-0.2, -0.15) is 0 Å². The van der Waals surface area contributed by atoms with E-state index < -0.39 is 0 Å². The molecule has 0 aromatic carbocycles. The van der Waals surface area contributed by atoms with Crippen LogP contribution in [0.2, 0.25) is 0 Å². The molecule has 1 aliphatic heterocycles.